The van der Waals surface area contributed by atoms with Crippen LogP contribution < -0.4 is 19.9 Å². The summed E-state index contributed by atoms with van der Waals surface area (Å²) >= 11 is 0. The summed E-state index contributed by atoms with van der Waals surface area (Å²) in [5.41, 5.74) is 4.06. The molecule has 0 saturated carbocycles. The van der Waals surface area contributed by atoms with E-state index < -0.39 is 23.8 Å². The highest BCUT2D eigenvalue weighted by atomic mass is 16.5. The summed E-state index contributed by atoms with van der Waals surface area (Å²) < 4.78 is 5.93. The Kier molecular flexibility index (Phi) is 11.9. The van der Waals surface area contributed by atoms with E-state index in [4.69, 9.17) is 4.74 Å². The molecule has 16 heteroatoms. The van der Waals surface area contributed by atoms with E-state index in [1.165, 1.54) is 0 Å². The molecule has 2 aromatic carbocycles. The molecule has 16 nitrogen and oxygen atoms in total. The molecule has 4 aliphatic rings. The number of hydrogen-bond acceptors (Lipinski definition) is 13. The molecule has 6 heterocycles. The second kappa shape index (κ2) is 17.4. The van der Waals surface area contributed by atoms with Gasteiger partial charge in [-0.15, -0.1) is 0 Å². The molecule has 1 unspecified atom stereocenters. The number of amides is 4. The number of fused-ring (bicyclic) bond motifs is 2. The van der Waals surface area contributed by atoms with Crippen molar-refractivity contribution >= 4 is 46.0 Å². The van der Waals surface area contributed by atoms with Crippen LogP contribution in [0.2, 0.25) is 0 Å². The van der Waals surface area contributed by atoms with Crippen LogP contribution in [0, 0.1) is 0 Å². The van der Waals surface area contributed by atoms with Crippen molar-refractivity contribution in [1.82, 2.24) is 45.1 Å². The molecular formula is C43H55N11O5. The van der Waals surface area contributed by atoms with Crippen molar-refractivity contribution in [1.29, 1.82) is 0 Å². The van der Waals surface area contributed by atoms with E-state index in [2.05, 4.69) is 64.0 Å². The van der Waals surface area contributed by atoms with Crippen molar-refractivity contribution in [2.45, 2.75) is 64.6 Å². The van der Waals surface area contributed by atoms with Gasteiger partial charge in [-0.1, -0.05) is 0 Å². The third-order valence-electron chi connectivity index (χ3n) is 12.1. The third-order valence-corrected chi connectivity index (χ3v) is 12.1. The SMILES string of the molecule is CC(C)Oc1ccc2[nH]nc(-c3cc(N4CCN(CCCN(C)CCCN5CCN(c6ccc7c(c6)C(=O)N(C6CCC(=O)NC6=O)C7=O)CC5)[C@@H](C)C4)ncn3)c2c1. The molecule has 2 N–H and O–H groups in total. The monoisotopic (exact) mass is 805 g/mol. The van der Waals surface area contributed by atoms with E-state index in [1.54, 1.807) is 18.5 Å². The Balaban J connectivity index is 0.742. The van der Waals surface area contributed by atoms with Gasteiger partial charge < -0.3 is 19.4 Å². The number of aromatic nitrogens is 4. The van der Waals surface area contributed by atoms with Crippen LogP contribution in [0.5, 0.6) is 5.75 Å². The molecule has 0 bridgehead atoms. The lowest BCUT2D eigenvalue weighted by atomic mass is 10.0. The van der Waals surface area contributed by atoms with Crippen molar-refractivity contribution in [2.24, 2.45) is 0 Å². The molecule has 0 radical (unpaired) electrons. The van der Waals surface area contributed by atoms with Gasteiger partial charge in [0.2, 0.25) is 11.8 Å². The van der Waals surface area contributed by atoms with E-state index >= 15 is 0 Å². The van der Waals surface area contributed by atoms with Crippen molar-refractivity contribution in [3.63, 3.8) is 0 Å². The Bertz CT molecular complexity index is 2200. The lowest BCUT2D eigenvalue weighted by Gasteiger charge is -2.40. The highest BCUT2D eigenvalue weighted by Crippen LogP contribution is 2.32. The van der Waals surface area contributed by atoms with Crippen LogP contribution in [-0.4, -0.2) is 161 Å². The van der Waals surface area contributed by atoms with Crippen molar-refractivity contribution in [2.75, 3.05) is 88.8 Å². The Labute approximate surface area is 344 Å². The summed E-state index contributed by atoms with van der Waals surface area (Å²) in [4.78, 5) is 72.8. The van der Waals surface area contributed by atoms with Gasteiger partial charge in [-0.3, -0.25) is 44.3 Å². The van der Waals surface area contributed by atoms with Crippen LogP contribution in [0.25, 0.3) is 22.3 Å². The molecule has 3 fully saturated rings. The molecule has 4 aliphatic heterocycles. The lowest BCUT2D eigenvalue weighted by molar-refractivity contribution is -0.136. The number of piperazine rings is 2. The van der Waals surface area contributed by atoms with Gasteiger partial charge in [-0.2, -0.15) is 5.10 Å². The zero-order valence-electron chi connectivity index (χ0n) is 34.5. The van der Waals surface area contributed by atoms with Crippen molar-refractivity contribution < 1.29 is 23.9 Å². The number of piperidine rings is 1. The fourth-order valence-corrected chi connectivity index (χ4v) is 8.82. The fourth-order valence-electron chi connectivity index (χ4n) is 8.82. The molecule has 8 rings (SSSR count). The highest BCUT2D eigenvalue weighted by Gasteiger charge is 2.45. The van der Waals surface area contributed by atoms with Gasteiger partial charge in [0, 0.05) is 75.4 Å². The second-order valence-electron chi connectivity index (χ2n) is 16.6. The maximum absolute atomic E-state index is 13.3. The zero-order chi connectivity index (χ0) is 41.2. The Morgan fingerprint density at radius 2 is 1.63 bits per heavy atom. The van der Waals surface area contributed by atoms with Gasteiger partial charge in [0.1, 0.15) is 29.6 Å². The summed E-state index contributed by atoms with van der Waals surface area (Å²) in [5, 5.41) is 11.0. The number of carbonyl (C=O) groups is 4. The first kappa shape index (κ1) is 40.3. The number of ether oxygens (including phenoxy) is 1. The van der Waals surface area contributed by atoms with Crippen LogP contribution in [-0.2, 0) is 9.59 Å². The number of nitrogens with zero attached hydrogens (tertiary/aromatic N) is 9. The Hall–Kier alpha value is -5.45. The normalized spacial score (nSPS) is 20.7. The maximum atomic E-state index is 13.3. The number of hydrogen-bond donors (Lipinski definition) is 2. The Morgan fingerprint density at radius 3 is 2.39 bits per heavy atom. The van der Waals surface area contributed by atoms with E-state index in [-0.39, 0.29) is 24.9 Å². The minimum Gasteiger partial charge on any atom is -0.491 e. The highest BCUT2D eigenvalue weighted by molar-refractivity contribution is 6.23. The second-order valence-corrected chi connectivity index (χ2v) is 16.6. The fraction of sp³-hybridized carbons (Fsp3) is 0.512. The number of anilines is 2. The Morgan fingerprint density at radius 1 is 0.864 bits per heavy atom. The number of rotatable bonds is 14. The molecular weight excluding hydrogens is 751 g/mol. The third kappa shape index (κ3) is 8.80. The van der Waals surface area contributed by atoms with Gasteiger partial charge in [-0.05, 0) is 110 Å². The van der Waals surface area contributed by atoms with E-state index in [9.17, 15) is 19.2 Å². The minimum absolute atomic E-state index is 0.0874. The van der Waals surface area contributed by atoms with Gasteiger partial charge >= 0.3 is 0 Å². The molecule has 0 spiro atoms. The molecule has 4 aromatic rings. The van der Waals surface area contributed by atoms with Gasteiger partial charge in [0.05, 0.1) is 28.4 Å². The van der Waals surface area contributed by atoms with Crippen molar-refractivity contribution in [3.05, 3.63) is 59.9 Å². The number of imide groups is 2. The standard InChI is InChI=1S/C43H55N11O5/c1-28(2)59-31-8-10-35-34(24-31)40(48-47-35)36-25-38(45-27-44-36)53-22-21-51(29(3)26-53)16-6-14-49(4)13-5-15-50-17-19-52(20-18-50)30-7-9-32-33(23-30)43(58)54(42(32)57)37-11-12-39(55)46-41(37)56/h7-10,23-25,27-29,37H,5-6,11-22,26H2,1-4H3,(H,47,48)(H,46,55,56)/t29-,37?/m0/s1. The predicted molar refractivity (Wildman–Crippen MR) is 225 cm³/mol. The van der Waals surface area contributed by atoms with Gasteiger partial charge in [0.15, 0.2) is 0 Å². The summed E-state index contributed by atoms with van der Waals surface area (Å²) in [6.07, 6.45) is 4.19. The molecule has 3 saturated heterocycles. The molecule has 4 amide bonds. The predicted octanol–water partition coefficient (Wildman–Crippen LogP) is 3.25. The first-order valence-electron chi connectivity index (χ1n) is 21.0. The van der Waals surface area contributed by atoms with Crippen LogP contribution in [0.4, 0.5) is 11.5 Å². The molecule has 2 atom stereocenters. The van der Waals surface area contributed by atoms with Crippen LogP contribution in [0.1, 0.15) is 67.2 Å². The molecule has 59 heavy (non-hydrogen) atoms. The van der Waals surface area contributed by atoms with Gasteiger partial charge in [0.25, 0.3) is 11.8 Å². The maximum Gasteiger partial charge on any atom is 0.262 e. The lowest BCUT2D eigenvalue weighted by Crippen LogP contribution is -2.54. The molecule has 312 valence electrons. The van der Waals surface area contributed by atoms with Crippen LogP contribution in [0.3, 0.4) is 0 Å². The van der Waals surface area contributed by atoms with Crippen molar-refractivity contribution in [3.8, 4) is 17.1 Å². The summed E-state index contributed by atoms with van der Waals surface area (Å²) in [6.45, 7) is 16.8. The van der Waals surface area contributed by atoms with Gasteiger partial charge in [-0.25, -0.2) is 9.97 Å². The smallest absolute Gasteiger partial charge is 0.262 e. The van der Waals surface area contributed by atoms with E-state index in [0.29, 0.717) is 17.2 Å². The van der Waals surface area contributed by atoms with E-state index in [0.717, 1.165) is 129 Å². The molecule has 0 aliphatic carbocycles. The number of carbonyl (C=O) groups excluding carboxylic acids is 4. The zero-order valence-corrected chi connectivity index (χ0v) is 34.5. The van der Waals surface area contributed by atoms with Crippen LogP contribution in [0.15, 0.2) is 48.8 Å². The molecule has 2 aromatic heterocycles. The number of benzene rings is 2. The van der Waals surface area contributed by atoms with E-state index in [1.807, 2.05) is 44.2 Å². The summed E-state index contributed by atoms with van der Waals surface area (Å²) in [5.74, 6) is -0.190. The largest absolute Gasteiger partial charge is 0.491 e. The first-order chi connectivity index (χ1) is 28.5. The summed E-state index contributed by atoms with van der Waals surface area (Å²) in [7, 11) is 2.22. The topological polar surface area (TPSA) is 163 Å². The average molecular weight is 806 g/mol. The summed E-state index contributed by atoms with van der Waals surface area (Å²) in [6, 6.07) is 12.8. The minimum atomic E-state index is -0.959. The first-order valence-corrected chi connectivity index (χ1v) is 21.0. The number of aromatic amines is 1. The number of H-pyrrole nitrogens is 1. The quantitative estimate of drug-likeness (QED) is 0.179. The van der Waals surface area contributed by atoms with Crippen LogP contribution >= 0.6 is 0 Å². The number of nitrogens with one attached hydrogen (secondary N) is 2. The average Bonchev–Trinajstić information content (AvgIpc) is 3.75.